The lowest BCUT2D eigenvalue weighted by molar-refractivity contribution is 0.0236. The summed E-state index contributed by atoms with van der Waals surface area (Å²) >= 11 is 4.85. The lowest BCUT2D eigenvalue weighted by Crippen LogP contribution is -2.47. The van der Waals surface area contributed by atoms with Crippen molar-refractivity contribution in [2.24, 2.45) is 5.73 Å². The fourth-order valence-electron chi connectivity index (χ4n) is 2.13. The molecule has 3 N–H and O–H groups in total. The van der Waals surface area contributed by atoms with E-state index in [1.165, 1.54) is 0 Å². The standard InChI is InChI=1S/C13H18N2O3S2/c1-18-12-6-11(7-12)15-20(16,17)8-9-2-4-10(5-3-9)13(14)19/h2-5,11-12,15H,6-8H2,1H3,(H2,14,19). The summed E-state index contributed by atoms with van der Waals surface area (Å²) in [7, 11) is -1.69. The average molecular weight is 314 g/mol. The van der Waals surface area contributed by atoms with Crippen LogP contribution in [0.4, 0.5) is 0 Å². The quantitative estimate of drug-likeness (QED) is 0.763. The van der Waals surface area contributed by atoms with Crippen LogP contribution in [0.2, 0.25) is 0 Å². The molecule has 0 bridgehead atoms. The van der Waals surface area contributed by atoms with Crippen molar-refractivity contribution in [2.45, 2.75) is 30.7 Å². The maximum Gasteiger partial charge on any atom is 0.216 e. The van der Waals surface area contributed by atoms with Gasteiger partial charge in [-0.05, 0) is 18.4 Å². The van der Waals surface area contributed by atoms with Gasteiger partial charge in [0.25, 0.3) is 0 Å². The van der Waals surface area contributed by atoms with Crippen molar-refractivity contribution in [3.63, 3.8) is 0 Å². The molecule has 1 aliphatic rings. The van der Waals surface area contributed by atoms with E-state index in [-0.39, 0.29) is 17.9 Å². The second-order valence-corrected chi connectivity index (χ2v) is 7.16. The van der Waals surface area contributed by atoms with Crippen LogP contribution in [-0.4, -0.2) is 32.7 Å². The SMILES string of the molecule is COC1CC(NS(=O)(=O)Cc2ccc(C(N)=S)cc2)C1. The fraction of sp³-hybridized carbons (Fsp3) is 0.462. The summed E-state index contributed by atoms with van der Waals surface area (Å²) in [6.07, 6.45) is 1.64. The molecule has 0 aliphatic heterocycles. The van der Waals surface area contributed by atoms with Gasteiger partial charge in [-0.3, -0.25) is 0 Å². The molecule has 1 aromatic carbocycles. The molecule has 0 saturated heterocycles. The van der Waals surface area contributed by atoms with Crippen LogP contribution in [0.25, 0.3) is 0 Å². The van der Waals surface area contributed by atoms with Crippen LogP contribution >= 0.6 is 12.2 Å². The normalized spacial score (nSPS) is 22.2. The number of rotatable bonds is 6. The zero-order valence-electron chi connectivity index (χ0n) is 11.2. The maximum absolute atomic E-state index is 12.0. The predicted octanol–water partition coefficient (Wildman–Crippen LogP) is 0.918. The van der Waals surface area contributed by atoms with E-state index in [0.717, 1.165) is 18.4 Å². The summed E-state index contributed by atoms with van der Waals surface area (Å²) in [4.78, 5) is 0.303. The molecule has 0 unspecified atom stereocenters. The van der Waals surface area contributed by atoms with Gasteiger partial charge in [0.05, 0.1) is 11.9 Å². The lowest BCUT2D eigenvalue weighted by atomic mass is 9.90. The van der Waals surface area contributed by atoms with E-state index in [1.807, 2.05) is 0 Å². The molecule has 0 spiro atoms. The van der Waals surface area contributed by atoms with Crippen LogP contribution in [-0.2, 0) is 20.5 Å². The molecular formula is C13H18N2O3S2. The van der Waals surface area contributed by atoms with Crippen LogP contribution in [0, 0.1) is 0 Å². The highest BCUT2D eigenvalue weighted by molar-refractivity contribution is 7.88. The Morgan fingerprint density at radius 1 is 1.40 bits per heavy atom. The molecular weight excluding hydrogens is 296 g/mol. The summed E-state index contributed by atoms with van der Waals surface area (Å²) < 4.78 is 31.8. The van der Waals surface area contributed by atoms with Gasteiger partial charge in [0.2, 0.25) is 10.0 Å². The lowest BCUT2D eigenvalue weighted by Gasteiger charge is -2.34. The van der Waals surface area contributed by atoms with Gasteiger partial charge < -0.3 is 10.5 Å². The molecule has 0 aromatic heterocycles. The molecule has 0 amide bonds. The zero-order valence-corrected chi connectivity index (χ0v) is 12.8. The van der Waals surface area contributed by atoms with Crippen molar-refractivity contribution < 1.29 is 13.2 Å². The highest BCUT2D eigenvalue weighted by atomic mass is 32.2. The Kier molecular flexibility index (Phi) is 4.74. The number of nitrogens with two attached hydrogens (primary N) is 1. The van der Waals surface area contributed by atoms with Gasteiger partial charge >= 0.3 is 0 Å². The molecule has 1 saturated carbocycles. The largest absolute Gasteiger partial charge is 0.389 e. The van der Waals surface area contributed by atoms with Crippen LogP contribution in [0.1, 0.15) is 24.0 Å². The number of thiocarbonyl (C=S) groups is 1. The molecule has 0 atom stereocenters. The number of nitrogens with one attached hydrogen (secondary N) is 1. The molecule has 1 aromatic rings. The number of ether oxygens (including phenoxy) is 1. The summed E-state index contributed by atoms with van der Waals surface area (Å²) in [6.45, 7) is 0. The molecule has 110 valence electrons. The number of methoxy groups -OCH3 is 1. The van der Waals surface area contributed by atoms with Gasteiger partial charge in [-0.1, -0.05) is 36.5 Å². The summed E-state index contributed by atoms with van der Waals surface area (Å²) in [5.74, 6) is -0.0429. The Balaban J connectivity index is 1.93. The third kappa shape index (κ3) is 3.99. The summed E-state index contributed by atoms with van der Waals surface area (Å²) in [6, 6.07) is 6.91. The van der Waals surface area contributed by atoms with Crippen molar-refractivity contribution >= 4 is 27.2 Å². The average Bonchev–Trinajstić information content (AvgIpc) is 2.33. The van der Waals surface area contributed by atoms with Crippen molar-refractivity contribution in [1.82, 2.24) is 4.72 Å². The van der Waals surface area contributed by atoms with E-state index < -0.39 is 10.0 Å². The molecule has 20 heavy (non-hydrogen) atoms. The van der Waals surface area contributed by atoms with Crippen LogP contribution in [0.5, 0.6) is 0 Å². The first-order chi connectivity index (χ1) is 9.39. The number of benzene rings is 1. The van der Waals surface area contributed by atoms with E-state index in [4.69, 9.17) is 22.7 Å². The summed E-state index contributed by atoms with van der Waals surface area (Å²) in [5, 5.41) is 0. The highest BCUT2D eigenvalue weighted by Gasteiger charge is 2.32. The molecule has 2 rings (SSSR count). The van der Waals surface area contributed by atoms with Gasteiger partial charge in [-0.2, -0.15) is 0 Å². The number of sulfonamides is 1. The molecule has 7 heteroatoms. The molecule has 1 fully saturated rings. The predicted molar refractivity (Wildman–Crippen MR) is 81.9 cm³/mol. The molecule has 5 nitrogen and oxygen atoms in total. The van der Waals surface area contributed by atoms with Crippen molar-refractivity contribution in [1.29, 1.82) is 0 Å². The first-order valence-electron chi connectivity index (χ1n) is 6.31. The fourth-order valence-corrected chi connectivity index (χ4v) is 3.69. The van der Waals surface area contributed by atoms with Crippen LogP contribution < -0.4 is 10.5 Å². The third-order valence-electron chi connectivity index (χ3n) is 3.37. The zero-order chi connectivity index (χ0) is 14.8. The minimum atomic E-state index is -3.33. The van der Waals surface area contributed by atoms with Crippen LogP contribution in [0.3, 0.4) is 0 Å². The molecule has 0 heterocycles. The Morgan fingerprint density at radius 2 is 2.00 bits per heavy atom. The highest BCUT2D eigenvalue weighted by Crippen LogP contribution is 2.23. The van der Waals surface area contributed by atoms with Gasteiger partial charge in [-0.15, -0.1) is 0 Å². The van der Waals surface area contributed by atoms with E-state index in [9.17, 15) is 8.42 Å². The Labute approximate surface area is 124 Å². The topological polar surface area (TPSA) is 81.4 Å². The Bertz CT molecular complexity index is 578. The maximum atomic E-state index is 12.0. The minimum Gasteiger partial charge on any atom is -0.389 e. The number of hydrogen-bond donors (Lipinski definition) is 2. The third-order valence-corrected chi connectivity index (χ3v) is 5.01. The first kappa shape index (κ1) is 15.4. The summed E-state index contributed by atoms with van der Waals surface area (Å²) in [5.41, 5.74) is 6.94. The van der Waals surface area contributed by atoms with Crippen LogP contribution in [0.15, 0.2) is 24.3 Å². The second kappa shape index (κ2) is 6.17. The van der Waals surface area contributed by atoms with E-state index in [0.29, 0.717) is 10.6 Å². The van der Waals surface area contributed by atoms with E-state index in [2.05, 4.69) is 4.72 Å². The van der Waals surface area contributed by atoms with Gasteiger partial charge in [-0.25, -0.2) is 13.1 Å². The smallest absolute Gasteiger partial charge is 0.216 e. The Hall–Kier alpha value is -1.02. The van der Waals surface area contributed by atoms with E-state index in [1.54, 1.807) is 31.4 Å². The van der Waals surface area contributed by atoms with Gasteiger partial charge in [0.1, 0.15) is 4.99 Å². The second-order valence-electron chi connectivity index (χ2n) is 4.96. The van der Waals surface area contributed by atoms with Crippen molar-refractivity contribution in [3.8, 4) is 0 Å². The molecule has 1 aliphatic carbocycles. The van der Waals surface area contributed by atoms with Gasteiger partial charge in [0, 0.05) is 18.7 Å². The first-order valence-corrected chi connectivity index (χ1v) is 8.37. The van der Waals surface area contributed by atoms with Crippen molar-refractivity contribution in [3.05, 3.63) is 35.4 Å². The minimum absolute atomic E-state index is 0.0131. The monoisotopic (exact) mass is 314 g/mol. The van der Waals surface area contributed by atoms with Crippen molar-refractivity contribution in [2.75, 3.05) is 7.11 Å². The van der Waals surface area contributed by atoms with E-state index >= 15 is 0 Å². The molecule has 0 radical (unpaired) electrons. The Morgan fingerprint density at radius 3 is 2.50 bits per heavy atom. The number of hydrogen-bond acceptors (Lipinski definition) is 4. The van der Waals surface area contributed by atoms with Gasteiger partial charge in [0.15, 0.2) is 0 Å².